The van der Waals surface area contributed by atoms with Crippen LogP contribution in [0.15, 0.2) is 152 Å². The van der Waals surface area contributed by atoms with E-state index in [2.05, 4.69) is 34.6 Å². The van der Waals surface area contributed by atoms with Crippen LogP contribution in [0.5, 0.6) is 80.5 Å². The standard InChI is InChI=1S/C123H174O24/c1-14-23-24-41-78-141-123(128)100-87-109(142-92-98-79-105(133-70-42-33-25-29-37-46-74-137-111-62-54-94(83-115(111)129-10)58-66-119(124)144-101(19-6)50-15-2)89-106(80-98)134-71-43-34-26-30-38-47-75-138-112-63-55-95(84-116(112)130-11)59-67-120(125)145-102(20-7)51-16-3)91-110(88-100)143-93-99-81-107(135-72-44-35-27-31-39-48-76-139-113-64-56-96(85-117(113)131-12)60-68-121(126)146-103(21-8)52-17-4)90-108(82-99)136-73-45-36-28-32-40-49-77-140-114-65-57-97(86-118(114)132-13)61-69-122(127)147-104(22-9)53-18-5/h54-69,79-91,101-104H,14-53,70-78,92-93H2,1-13H3. The normalized spacial score (nSPS) is 12.2. The van der Waals surface area contributed by atoms with Gasteiger partial charge in [-0.25, -0.2) is 24.0 Å². The molecule has 0 aliphatic rings. The minimum absolute atomic E-state index is 0.0846. The Hall–Kier alpha value is -12.0. The van der Waals surface area contributed by atoms with Crippen molar-refractivity contribution >= 4 is 54.2 Å². The molecule has 0 N–H and O–H groups in total. The number of rotatable bonds is 84. The van der Waals surface area contributed by atoms with Crippen LogP contribution in [0.25, 0.3) is 24.3 Å². The van der Waals surface area contributed by atoms with Crippen LogP contribution in [0.4, 0.5) is 0 Å². The third-order valence-corrected chi connectivity index (χ3v) is 25.1. The molecule has 0 radical (unpaired) electrons. The lowest BCUT2D eigenvalue weighted by Gasteiger charge is -2.16. The molecule has 0 bridgehead atoms. The van der Waals surface area contributed by atoms with Gasteiger partial charge in [-0.3, -0.25) is 0 Å². The van der Waals surface area contributed by atoms with Crippen LogP contribution in [-0.2, 0) is 56.1 Å². The van der Waals surface area contributed by atoms with E-state index in [1.54, 1.807) is 70.9 Å². The second kappa shape index (κ2) is 75.7. The van der Waals surface area contributed by atoms with Gasteiger partial charge in [0.1, 0.15) is 72.1 Å². The van der Waals surface area contributed by atoms with Crippen molar-refractivity contribution in [3.05, 3.63) is 191 Å². The molecular weight excluding hydrogens is 1860 g/mol. The maximum Gasteiger partial charge on any atom is 0.338 e. The van der Waals surface area contributed by atoms with Gasteiger partial charge < -0.3 is 90.0 Å². The summed E-state index contributed by atoms with van der Waals surface area (Å²) in [6, 6.07) is 39.7. The molecule has 147 heavy (non-hydrogen) atoms. The lowest BCUT2D eigenvalue weighted by molar-refractivity contribution is -0.144. The number of carbonyl (C=O) groups excluding carboxylic acids is 5. The van der Waals surface area contributed by atoms with Gasteiger partial charge in [-0.1, -0.05) is 234 Å². The van der Waals surface area contributed by atoms with E-state index in [4.69, 9.17) is 90.0 Å². The number of hydrogen-bond acceptors (Lipinski definition) is 24. The van der Waals surface area contributed by atoms with Crippen LogP contribution in [0.2, 0.25) is 0 Å². The zero-order chi connectivity index (χ0) is 105. The van der Waals surface area contributed by atoms with Crippen molar-refractivity contribution in [2.24, 2.45) is 0 Å². The van der Waals surface area contributed by atoms with Crippen LogP contribution in [0.3, 0.4) is 0 Å². The van der Waals surface area contributed by atoms with E-state index in [1.807, 2.05) is 137 Å². The minimum atomic E-state index is -0.474. The van der Waals surface area contributed by atoms with Crippen LogP contribution < -0.4 is 66.3 Å². The predicted molar refractivity (Wildman–Crippen MR) is 586 cm³/mol. The van der Waals surface area contributed by atoms with Gasteiger partial charge >= 0.3 is 29.8 Å². The van der Waals surface area contributed by atoms with Gasteiger partial charge in [0, 0.05) is 42.5 Å². The summed E-state index contributed by atoms with van der Waals surface area (Å²) in [5.74, 6) is 6.64. The second-order valence-corrected chi connectivity index (χ2v) is 37.4. The van der Waals surface area contributed by atoms with Gasteiger partial charge in [-0.05, 0) is 252 Å². The Balaban J connectivity index is 0.981. The average Bonchev–Trinajstić information content (AvgIpc) is 0.831. The van der Waals surface area contributed by atoms with Crippen molar-refractivity contribution in [2.75, 3.05) is 87.9 Å². The van der Waals surface area contributed by atoms with Crippen molar-refractivity contribution in [2.45, 2.75) is 357 Å². The van der Waals surface area contributed by atoms with Gasteiger partial charge in [0.2, 0.25) is 0 Å². The molecule has 0 aromatic heterocycles. The van der Waals surface area contributed by atoms with Crippen LogP contribution in [0, 0.1) is 0 Å². The average molecular weight is 2040 g/mol. The number of unbranched alkanes of at least 4 members (excludes halogenated alkanes) is 23. The maximum absolute atomic E-state index is 14.1. The molecule has 24 nitrogen and oxygen atoms in total. The number of benzene rings is 7. The highest BCUT2D eigenvalue weighted by atomic mass is 16.6. The first kappa shape index (κ1) is 122. The highest BCUT2D eigenvalue weighted by Gasteiger charge is 2.21. The molecule has 24 heteroatoms. The smallest absolute Gasteiger partial charge is 0.338 e. The molecule has 7 aromatic carbocycles. The first-order valence-corrected chi connectivity index (χ1v) is 55.0. The molecule has 0 amide bonds. The summed E-state index contributed by atoms with van der Waals surface area (Å²) in [5, 5.41) is 0. The lowest BCUT2D eigenvalue weighted by Crippen LogP contribution is -2.15. The summed E-state index contributed by atoms with van der Waals surface area (Å²) >= 11 is 0. The summed E-state index contributed by atoms with van der Waals surface area (Å²) in [6.45, 7) is 23.3. The number of methoxy groups -OCH3 is 4. The third kappa shape index (κ3) is 51.5. The van der Waals surface area contributed by atoms with Crippen molar-refractivity contribution in [1.29, 1.82) is 0 Å². The van der Waals surface area contributed by atoms with Gasteiger partial charge in [-0.2, -0.15) is 0 Å². The van der Waals surface area contributed by atoms with Crippen LogP contribution in [-0.4, -0.2) is 142 Å². The largest absolute Gasteiger partial charge is 0.493 e. The van der Waals surface area contributed by atoms with E-state index < -0.39 is 5.97 Å². The fourth-order valence-corrected chi connectivity index (χ4v) is 16.6. The SMILES string of the molecule is CCCCCCOC(=O)c1cc(OCc2cc(OCCCCCCCCOc3ccc(C=CC(=O)OC(CC)CCC)cc3OC)cc(OCCCCCCCCOc3ccc(C=CC(=O)OC(CC)CCC)cc3OC)c2)cc(OCc2cc(OCCCCCCCCOc3ccc(C=CC(=O)OC(CC)CCC)cc3OC)cc(OCCCCCCCCOc3ccc(C=CC(=O)OC(CC)CCC)cc3OC)c2)c1. The number of carbonyl (C=O) groups is 5. The van der Waals surface area contributed by atoms with Gasteiger partial charge in [0.25, 0.3) is 0 Å². The molecule has 4 unspecified atom stereocenters. The monoisotopic (exact) mass is 2040 g/mol. The summed E-state index contributed by atoms with van der Waals surface area (Å²) in [5.41, 5.74) is 5.19. The number of hydrogen-bond donors (Lipinski definition) is 0. The molecule has 0 aliphatic heterocycles. The Morgan fingerprint density at radius 2 is 0.456 bits per heavy atom. The van der Waals surface area contributed by atoms with Gasteiger partial charge in [0.15, 0.2) is 46.0 Å². The molecule has 0 aliphatic carbocycles. The van der Waals surface area contributed by atoms with Crippen LogP contribution >= 0.6 is 0 Å². The molecule has 810 valence electrons. The van der Waals surface area contributed by atoms with Crippen LogP contribution in [0.1, 0.15) is 363 Å². The molecule has 4 atom stereocenters. The van der Waals surface area contributed by atoms with E-state index in [-0.39, 0.29) is 68.1 Å². The molecule has 0 heterocycles. The molecule has 0 fully saturated rings. The Bertz CT molecular complexity index is 4430. The molecule has 7 aromatic rings. The zero-order valence-corrected chi connectivity index (χ0v) is 90.9. The van der Waals surface area contributed by atoms with Gasteiger partial charge in [0.05, 0.1) is 93.5 Å². The van der Waals surface area contributed by atoms with Gasteiger partial charge in [-0.15, -0.1) is 0 Å². The van der Waals surface area contributed by atoms with E-state index in [1.165, 1.54) is 24.3 Å². The minimum Gasteiger partial charge on any atom is -0.493 e. The summed E-state index contributed by atoms with van der Waals surface area (Å²) < 4.78 is 115. The molecule has 7 rings (SSSR count). The highest BCUT2D eigenvalue weighted by molar-refractivity contribution is 5.91. The highest BCUT2D eigenvalue weighted by Crippen LogP contribution is 2.37. The topological polar surface area (TPSA) is 261 Å². The lowest BCUT2D eigenvalue weighted by atomic mass is 10.1. The Labute approximate surface area is 879 Å². The van der Waals surface area contributed by atoms with E-state index in [0.717, 1.165) is 290 Å². The van der Waals surface area contributed by atoms with E-state index >= 15 is 0 Å². The molecule has 0 spiro atoms. The Morgan fingerprint density at radius 1 is 0.231 bits per heavy atom. The molecule has 0 saturated carbocycles. The summed E-state index contributed by atoms with van der Waals surface area (Å²) in [7, 11) is 6.46. The predicted octanol–water partition coefficient (Wildman–Crippen LogP) is 30.4. The second-order valence-electron chi connectivity index (χ2n) is 37.4. The molecular formula is C123H174O24. The summed E-state index contributed by atoms with van der Waals surface area (Å²) in [4.78, 5) is 64.2. The first-order valence-electron chi connectivity index (χ1n) is 55.0. The fourth-order valence-electron chi connectivity index (χ4n) is 16.6. The maximum atomic E-state index is 14.1. The van der Waals surface area contributed by atoms with Crippen molar-refractivity contribution < 1.29 is 114 Å². The molecule has 0 saturated heterocycles. The zero-order valence-electron chi connectivity index (χ0n) is 90.9. The number of ether oxygens (including phenoxy) is 19. The quantitative estimate of drug-likeness (QED) is 0.0148. The Kier molecular flexibility index (Phi) is 62.8. The van der Waals surface area contributed by atoms with E-state index in [0.29, 0.717) is 139 Å². The van der Waals surface area contributed by atoms with Crippen molar-refractivity contribution in [1.82, 2.24) is 0 Å². The Morgan fingerprint density at radius 3 is 0.687 bits per heavy atom. The van der Waals surface area contributed by atoms with Crippen molar-refractivity contribution in [3.8, 4) is 80.5 Å². The summed E-state index contributed by atoms with van der Waals surface area (Å²) in [6.07, 6.45) is 49.9. The fraction of sp³-hybridized carbons (Fsp3) is 0.553. The van der Waals surface area contributed by atoms with E-state index in [9.17, 15) is 24.0 Å². The van der Waals surface area contributed by atoms with Crippen molar-refractivity contribution in [3.63, 3.8) is 0 Å². The number of esters is 5. The third-order valence-electron chi connectivity index (χ3n) is 25.1. The first-order chi connectivity index (χ1) is 71.9.